The highest BCUT2D eigenvalue weighted by atomic mass is 16.5. The average molecular weight is 286 g/mol. The van der Waals surface area contributed by atoms with Crippen LogP contribution in [0.15, 0.2) is 30.5 Å². The third kappa shape index (κ3) is 2.80. The van der Waals surface area contributed by atoms with Crippen molar-refractivity contribution in [3.05, 3.63) is 30.5 Å². The Morgan fingerprint density at radius 1 is 1.33 bits per heavy atom. The van der Waals surface area contributed by atoms with Gasteiger partial charge in [0.2, 0.25) is 0 Å². The molecule has 3 nitrogen and oxygen atoms in total. The van der Waals surface area contributed by atoms with Crippen molar-refractivity contribution in [2.24, 2.45) is 11.3 Å². The smallest absolute Gasteiger partial charge is 0.0665 e. The molecule has 1 aliphatic carbocycles. The molecule has 2 unspecified atom stereocenters. The van der Waals surface area contributed by atoms with E-state index in [1.54, 1.807) is 0 Å². The van der Waals surface area contributed by atoms with Gasteiger partial charge < -0.3 is 15.0 Å². The number of benzene rings is 1. The van der Waals surface area contributed by atoms with E-state index in [1.165, 1.54) is 16.6 Å². The lowest BCUT2D eigenvalue weighted by atomic mass is 9.64. The molecule has 0 spiro atoms. The summed E-state index contributed by atoms with van der Waals surface area (Å²) in [7, 11) is 0. The summed E-state index contributed by atoms with van der Waals surface area (Å²) < 4.78 is 6.04. The molecular formula is C18H26N2O. The first-order valence-corrected chi connectivity index (χ1v) is 7.92. The van der Waals surface area contributed by atoms with Crippen LogP contribution in [0.2, 0.25) is 0 Å². The van der Waals surface area contributed by atoms with Crippen molar-refractivity contribution >= 4 is 16.6 Å². The maximum Gasteiger partial charge on any atom is 0.0665 e. The molecule has 3 heteroatoms. The molecule has 1 aliphatic rings. The normalized spacial score (nSPS) is 24.2. The van der Waals surface area contributed by atoms with Crippen LogP contribution in [-0.2, 0) is 4.74 Å². The number of ether oxygens (including phenoxy) is 1. The van der Waals surface area contributed by atoms with Crippen LogP contribution in [0.3, 0.4) is 0 Å². The van der Waals surface area contributed by atoms with Gasteiger partial charge in [0.15, 0.2) is 0 Å². The molecule has 21 heavy (non-hydrogen) atoms. The Kier molecular flexibility index (Phi) is 3.70. The zero-order valence-electron chi connectivity index (χ0n) is 13.4. The minimum absolute atomic E-state index is 0.183. The van der Waals surface area contributed by atoms with Crippen molar-refractivity contribution < 1.29 is 4.74 Å². The molecule has 0 aliphatic heterocycles. The van der Waals surface area contributed by atoms with Gasteiger partial charge in [-0.1, -0.05) is 27.7 Å². The number of hydrogen-bond acceptors (Lipinski definition) is 2. The van der Waals surface area contributed by atoms with Gasteiger partial charge in [-0.3, -0.25) is 0 Å². The van der Waals surface area contributed by atoms with Gasteiger partial charge in [-0.15, -0.1) is 0 Å². The van der Waals surface area contributed by atoms with Gasteiger partial charge in [0, 0.05) is 40.9 Å². The summed E-state index contributed by atoms with van der Waals surface area (Å²) in [5.41, 5.74) is 2.57. The minimum atomic E-state index is 0.183. The number of aromatic amines is 1. The number of H-pyrrole nitrogens is 1. The first-order chi connectivity index (χ1) is 9.96. The maximum atomic E-state index is 6.04. The SMILES string of the molecule is CC(C)COC1CC(Nc2ccc3[nH]ccc3c2)C1(C)C. The Morgan fingerprint density at radius 2 is 2.14 bits per heavy atom. The second-order valence-corrected chi connectivity index (χ2v) is 7.25. The average Bonchev–Trinajstić information content (AvgIpc) is 2.89. The molecule has 1 fully saturated rings. The molecule has 0 saturated heterocycles. The van der Waals surface area contributed by atoms with E-state index >= 15 is 0 Å². The van der Waals surface area contributed by atoms with Crippen molar-refractivity contribution in [1.29, 1.82) is 0 Å². The van der Waals surface area contributed by atoms with E-state index in [-0.39, 0.29) is 5.41 Å². The summed E-state index contributed by atoms with van der Waals surface area (Å²) in [6, 6.07) is 9.09. The molecule has 2 atom stereocenters. The van der Waals surface area contributed by atoms with Gasteiger partial charge in [-0.25, -0.2) is 0 Å². The highest BCUT2D eigenvalue weighted by Gasteiger charge is 2.49. The third-order valence-corrected chi connectivity index (χ3v) is 4.70. The Morgan fingerprint density at radius 3 is 2.86 bits per heavy atom. The Balaban J connectivity index is 1.63. The molecule has 0 radical (unpaired) electrons. The van der Waals surface area contributed by atoms with Crippen LogP contribution >= 0.6 is 0 Å². The van der Waals surface area contributed by atoms with Crippen molar-refractivity contribution in [2.45, 2.75) is 46.3 Å². The van der Waals surface area contributed by atoms with Crippen LogP contribution in [0.25, 0.3) is 10.9 Å². The quantitative estimate of drug-likeness (QED) is 0.853. The third-order valence-electron chi connectivity index (χ3n) is 4.70. The zero-order valence-corrected chi connectivity index (χ0v) is 13.4. The molecule has 1 aromatic heterocycles. The van der Waals surface area contributed by atoms with Gasteiger partial charge in [0.25, 0.3) is 0 Å². The zero-order chi connectivity index (χ0) is 15.0. The number of nitrogens with one attached hydrogen (secondary N) is 2. The fourth-order valence-corrected chi connectivity index (χ4v) is 3.07. The standard InChI is InChI=1S/C18H26N2O/c1-12(2)11-21-17-10-16(18(17,3)4)20-14-5-6-15-13(9-14)7-8-19-15/h5-9,12,16-17,19-20H,10-11H2,1-4H3. The Hall–Kier alpha value is -1.48. The van der Waals surface area contributed by atoms with Gasteiger partial charge in [0.1, 0.15) is 0 Å². The van der Waals surface area contributed by atoms with Crippen LogP contribution in [0.4, 0.5) is 5.69 Å². The summed E-state index contributed by atoms with van der Waals surface area (Å²) >= 11 is 0. The largest absolute Gasteiger partial charge is 0.382 e. The summed E-state index contributed by atoms with van der Waals surface area (Å²) in [5.74, 6) is 0.601. The van der Waals surface area contributed by atoms with Crippen LogP contribution in [0.5, 0.6) is 0 Å². The lowest BCUT2D eigenvalue weighted by Gasteiger charge is -2.52. The van der Waals surface area contributed by atoms with E-state index in [9.17, 15) is 0 Å². The highest BCUT2D eigenvalue weighted by molar-refractivity contribution is 5.83. The number of hydrogen-bond donors (Lipinski definition) is 2. The van der Waals surface area contributed by atoms with Crippen molar-refractivity contribution in [3.8, 4) is 0 Å². The van der Waals surface area contributed by atoms with Gasteiger partial charge in [-0.05, 0) is 36.6 Å². The van der Waals surface area contributed by atoms with Crippen molar-refractivity contribution in [1.82, 2.24) is 4.98 Å². The maximum absolute atomic E-state index is 6.04. The van der Waals surface area contributed by atoms with E-state index in [4.69, 9.17) is 4.74 Å². The molecule has 0 amide bonds. The molecule has 1 aromatic carbocycles. The minimum Gasteiger partial charge on any atom is -0.382 e. The lowest BCUT2D eigenvalue weighted by Crippen LogP contribution is -2.58. The fraction of sp³-hybridized carbons (Fsp3) is 0.556. The predicted molar refractivity (Wildman–Crippen MR) is 88.7 cm³/mol. The first kappa shape index (κ1) is 14.5. The topological polar surface area (TPSA) is 37.0 Å². The number of aromatic nitrogens is 1. The Labute approximate surface area is 127 Å². The second kappa shape index (κ2) is 5.38. The summed E-state index contributed by atoms with van der Waals surface area (Å²) in [5, 5.41) is 4.93. The molecule has 1 heterocycles. The summed E-state index contributed by atoms with van der Waals surface area (Å²) in [4.78, 5) is 3.23. The predicted octanol–water partition coefficient (Wildman–Crippen LogP) is 4.42. The van der Waals surface area contributed by atoms with E-state index in [1.807, 2.05) is 6.20 Å². The molecule has 0 bridgehead atoms. The summed E-state index contributed by atoms with van der Waals surface area (Å²) in [6.07, 6.45) is 3.44. The van der Waals surface area contributed by atoms with E-state index < -0.39 is 0 Å². The van der Waals surface area contributed by atoms with E-state index in [0.29, 0.717) is 18.1 Å². The monoisotopic (exact) mass is 286 g/mol. The second-order valence-electron chi connectivity index (χ2n) is 7.25. The number of rotatable bonds is 5. The van der Waals surface area contributed by atoms with Crippen LogP contribution in [0, 0.1) is 11.3 Å². The van der Waals surface area contributed by atoms with E-state index in [0.717, 1.165) is 13.0 Å². The number of fused-ring (bicyclic) bond motifs is 1. The van der Waals surface area contributed by atoms with Crippen LogP contribution in [-0.4, -0.2) is 23.7 Å². The van der Waals surface area contributed by atoms with Crippen molar-refractivity contribution in [2.75, 3.05) is 11.9 Å². The van der Waals surface area contributed by atoms with Gasteiger partial charge in [-0.2, -0.15) is 0 Å². The fourth-order valence-electron chi connectivity index (χ4n) is 3.07. The van der Waals surface area contributed by atoms with Crippen molar-refractivity contribution in [3.63, 3.8) is 0 Å². The molecule has 2 N–H and O–H groups in total. The van der Waals surface area contributed by atoms with Crippen LogP contribution in [0.1, 0.15) is 34.1 Å². The van der Waals surface area contributed by atoms with Crippen LogP contribution < -0.4 is 5.32 Å². The summed E-state index contributed by atoms with van der Waals surface area (Å²) in [6.45, 7) is 9.86. The highest BCUT2D eigenvalue weighted by Crippen LogP contribution is 2.44. The van der Waals surface area contributed by atoms with E-state index in [2.05, 4.69) is 62.3 Å². The lowest BCUT2D eigenvalue weighted by molar-refractivity contribution is -0.108. The Bertz CT molecular complexity index is 614. The molecule has 2 aromatic rings. The van der Waals surface area contributed by atoms with Gasteiger partial charge >= 0.3 is 0 Å². The first-order valence-electron chi connectivity index (χ1n) is 7.92. The molecule has 1 saturated carbocycles. The molecular weight excluding hydrogens is 260 g/mol. The molecule has 3 rings (SSSR count). The van der Waals surface area contributed by atoms with Gasteiger partial charge in [0.05, 0.1) is 6.10 Å². The molecule has 114 valence electrons. The number of anilines is 1.